The summed E-state index contributed by atoms with van der Waals surface area (Å²) in [4.78, 5) is 24.6. The number of benzene rings is 2. The topological polar surface area (TPSA) is 76.7 Å². The van der Waals surface area contributed by atoms with E-state index in [4.69, 9.17) is 9.47 Å². The number of carbonyl (C=O) groups excluding carboxylic acids is 2. The molecule has 0 saturated carbocycles. The number of rotatable bonds is 13. The van der Waals surface area contributed by atoms with Crippen LogP contribution >= 0.6 is 0 Å². The molecule has 0 spiro atoms. The molecule has 2 amide bonds. The third-order valence-corrected chi connectivity index (χ3v) is 4.33. The number of anilines is 2. The molecule has 0 bridgehead atoms. The molecule has 0 unspecified atom stereocenters. The Bertz CT molecular complexity index is 875. The van der Waals surface area contributed by atoms with E-state index in [0.717, 1.165) is 11.1 Å². The summed E-state index contributed by atoms with van der Waals surface area (Å²) < 4.78 is 11.3. The summed E-state index contributed by atoms with van der Waals surface area (Å²) in [6, 6.07) is 14.6. The van der Waals surface area contributed by atoms with E-state index in [-0.39, 0.29) is 11.8 Å². The van der Waals surface area contributed by atoms with Gasteiger partial charge in [-0.2, -0.15) is 0 Å². The van der Waals surface area contributed by atoms with Gasteiger partial charge in [0, 0.05) is 12.8 Å². The van der Waals surface area contributed by atoms with Gasteiger partial charge >= 0.3 is 0 Å². The quantitative estimate of drug-likeness (QED) is 0.310. The van der Waals surface area contributed by atoms with E-state index in [1.54, 1.807) is 24.3 Å². The van der Waals surface area contributed by atoms with Crippen molar-refractivity contribution in [2.75, 3.05) is 23.8 Å². The fourth-order valence-corrected chi connectivity index (χ4v) is 2.79. The maximum absolute atomic E-state index is 12.3. The Morgan fingerprint density at radius 3 is 1.47 bits per heavy atom. The van der Waals surface area contributed by atoms with E-state index in [0.29, 0.717) is 61.8 Å². The molecule has 6 nitrogen and oxygen atoms in total. The first-order valence-electron chi connectivity index (χ1n) is 10.7. The summed E-state index contributed by atoms with van der Waals surface area (Å²) in [5.74, 6) is 0.983. The van der Waals surface area contributed by atoms with Gasteiger partial charge < -0.3 is 20.1 Å². The van der Waals surface area contributed by atoms with Crippen molar-refractivity contribution in [2.24, 2.45) is 0 Å². The van der Waals surface area contributed by atoms with Gasteiger partial charge in [0.25, 0.3) is 0 Å². The summed E-state index contributed by atoms with van der Waals surface area (Å²) in [6.07, 6.45) is 1.84. The van der Waals surface area contributed by atoms with Gasteiger partial charge in [-0.1, -0.05) is 37.4 Å². The molecule has 0 radical (unpaired) electrons. The lowest BCUT2D eigenvalue weighted by Gasteiger charge is -2.13. The Balaban J connectivity index is 1.75. The smallest absolute Gasteiger partial charge is 0.224 e. The lowest BCUT2D eigenvalue weighted by Crippen LogP contribution is -2.14. The molecule has 2 rings (SSSR count). The van der Waals surface area contributed by atoms with Crippen LogP contribution in [0.15, 0.2) is 72.8 Å². The summed E-state index contributed by atoms with van der Waals surface area (Å²) in [6.45, 7) is 12.2. The van der Waals surface area contributed by atoms with Crippen LogP contribution in [0, 0.1) is 0 Å². The van der Waals surface area contributed by atoms with Crippen LogP contribution in [-0.4, -0.2) is 25.0 Å². The van der Waals surface area contributed by atoms with Crippen LogP contribution < -0.4 is 20.1 Å². The number of ether oxygens (including phenoxy) is 2. The highest BCUT2D eigenvalue weighted by Gasteiger charge is 2.10. The van der Waals surface area contributed by atoms with Gasteiger partial charge in [0.15, 0.2) is 0 Å². The van der Waals surface area contributed by atoms with Gasteiger partial charge in [0.1, 0.15) is 24.7 Å². The van der Waals surface area contributed by atoms with Crippen molar-refractivity contribution in [3.05, 3.63) is 72.8 Å². The number of hydrogen-bond acceptors (Lipinski definition) is 4. The van der Waals surface area contributed by atoms with Crippen LogP contribution in [0.1, 0.15) is 39.5 Å². The first kappa shape index (κ1) is 24.7. The average molecular weight is 437 g/mol. The molecule has 0 heterocycles. The number of amides is 2. The van der Waals surface area contributed by atoms with E-state index in [1.807, 2.05) is 38.1 Å². The standard InChI is InChI=1S/C26H32N2O4/c1-19(2)17-31-23-13-7-5-11-21(23)27-25(29)15-9-10-16-26(30)28-22-12-6-8-14-24(22)32-18-20(3)4/h5-8,11-14H,1,3,9-10,15-18H2,2,4H3,(H,27,29)(H,28,30). The normalized spacial score (nSPS) is 10.2. The van der Waals surface area contributed by atoms with Crippen molar-refractivity contribution >= 4 is 23.2 Å². The van der Waals surface area contributed by atoms with E-state index >= 15 is 0 Å². The first-order chi connectivity index (χ1) is 15.3. The van der Waals surface area contributed by atoms with Gasteiger partial charge in [-0.15, -0.1) is 0 Å². The van der Waals surface area contributed by atoms with Crippen LogP contribution in [-0.2, 0) is 9.59 Å². The molecule has 170 valence electrons. The first-order valence-corrected chi connectivity index (χ1v) is 10.7. The van der Waals surface area contributed by atoms with Gasteiger partial charge in [-0.05, 0) is 62.1 Å². The van der Waals surface area contributed by atoms with Crippen molar-refractivity contribution in [3.63, 3.8) is 0 Å². The number of nitrogens with one attached hydrogen (secondary N) is 2. The predicted octanol–water partition coefficient (Wildman–Crippen LogP) is 5.73. The summed E-state index contributed by atoms with van der Waals surface area (Å²) in [7, 11) is 0. The highest BCUT2D eigenvalue weighted by molar-refractivity contribution is 5.93. The lowest BCUT2D eigenvalue weighted by molar-refractivity contribution is -0.118. The Hall–Kier alpha value is -3.54. The monoisotopic (exact) mass is 436 g/mol. The summed E-state index contributed by atoms with van der Waals surface area (Å²) in [5.41, 5.74) is 3.05. The minimum Gasteiger partial charge on any atom is -0.487 e. The Kier molecular flexibility index (Phi) is 10.0. The zero-order valence-corrected chi connectivity index (χ0v) is 18.9. The van der Waals surface area contributed by atoms with E-state index in [1.165, 1.54) is 0 Å². The summed E-state index contributed by atoms with van der Waals surface area (Å²) in [5, 5.41) is 5.75. The molecular weight excluding hydrogens is 404 g/mol. The van der Waals surface area contributed by atoms with Crippen LogP contribution in [0.2, 0.25) is 0 Å². The molecule has 0 fully saturated rings. The van der Waals surface area contributed by atoms with Crippen molar-refractivity contribution < 1.29 is 19.1 Å². The van der Waals surface area contributed by atoms with Crippen molar-refractivity contribution in [2.45, 2.75) is 39.5 Å². The van der Waals surface area contributed by atoms with Crippen LogP contribution in [0.25, 0.3) is 0 Å². The van der Waals surface area contributed by atoms with E-state index < -0.39 is 0 Å². The maximum Gasteiger partial charge on any atom is 0.224 e. The van der Waals surface area contributed by atoms with Gasteiger partial charge in [0.2, 0.25) is 11.8 Å². The minimum atomic E-state index is -0.115. The maximum atomic E-state index is 12.3. The third kappa shape index (κ3) is 9.08. The third-order valence-electron chi connectivity index (χ3n) is 4.33. The minimum absolute atomic E-state index is 0.115. The van der Waals surface area contributed by atoms with Crippen molar-refractivity contribution in [3.8, 4) is 11.5 Å². The molecule has 0 saturated heterocycles. The molecule has 0 aliphatic carbocycles. The number of hydrogen-bond donors (Lipinski definition) is 2. The average Bonchev–Trinajstić information content (AvgIpc) is 2.75. The highest BCUT2D eigenvalue weighted by Crippen LogP contribution is 2.25. The molecule has 0 aromatic heterocycles. The van der Waals surface area contributed by atoms with Crippen molar-refractivity contribution in [1.82, 2.24) is 0 Å². The molecule has 32 heavy (non-hydrogen) atoms. The Labute approximate surface area is 190 Å². The fourth-order valence-electron chi connectivity index (χ4n) is 2.79. The molecule has 0 aliphatic heterocycles. The predicted molar refractivity (Wildman–Crippen MR) is 129 cm³/mol. The van der Waals surface area contributed by atoms with Gasteiger partial charge in [0.05, 0.1) is 11.4 Å². The Morgan fingerprint density at radius 2 is 1.09 bits per heavy atom. The van der Waals surface area contributed by atoms with Crippen LogP contribution in [0.5, 0.6) is 11.5 Å². The molecule has 6 heteroatoms. The Morgan fingerprint density at radius 1 is 0.719 bits per heavy atom. The zero-order chi connectivity index (χ0) is 23.3. The molecule has 2 N–H and O–H groups in total. The molecule has 2 aromatic carbocycles. The van der Waals surface area contributed by atoms with Crippen LogP contribution in [0.4, 0.5) is 11.4 Å². The molecule has 2 aromatic rings. The second kappa shape index (κ2) is 13.0. The highest BCUT2D eigenvalue weighted by atomic mass is 16.5. The molecular formula is C26H32N2O4. The van der Waals surface area contributed by atoms with E-state index in [2.05, 4.69) is 23.8 Å². The second-order valence-electron chi connectivity index (χ2n) is 7.79. The SMILES string of the molecule is C=C(C)COc1ccccc1NC(=O)CCCCC(=O)Nc1ccccc1OCC(=C)C. The number of unbranched alkanes of at least 4 members (excludes halogenated alkanes) is 1. The molecule has 0 aliphatic rings. The second-order valence-corrected chi connectivity index (χ2v) is 7.79. The number of carbonyl (C=O) groups is 2. The van der Waals surface area contributed by atoms with Gasteiger partial charge in [-0.3, -0.25) is 9.59 Å². The number of para-hydroxylation sites is 4. The fraction of sp³-hybridized carbons (Fsp3) is 0.308. The molecule has 0 atom stereocenters. The largest absolute Gasteiger partial charge is 0.487 e. The zero-order valence-electron chi connectivity index (χ0n) is 18.9. The summed E-state index contributed by atoms with van der Waals surface area (Å²) >= 11 is 0. The van der Waals surface area contributed by atoms with Gasteiger partial charge in [-0.25, -0.2) is 0 Å². The van der Waals surface area contributed by atoms with Crippen molar-refractivity contribution in [1.29, 1.82) is 0 Å². The lowest BCUT2D eigenvalue weighted by atomic mass is 10.1. The van der Waals surface area contributed by atoms with E-state index in [9.17, 15) is 9.59 Å². The van der Waals surface area contributed by atoms with Crippen LogP contribution in [0.3, 0.4) is 0 Å².